The van der Waals surface area contributed by atoms with Gasteiger partial charge in [-0.05, 0) is 11.5 Å². The molecule has 0 fully saturated rings. The molecule has 0 atom stereocenters. The maximum Gasteiger partial charge on any atom is 0.193 e. The molecule has 2 rings (SSSR count). The molecular formula is C4H2N4S. The van der Waals surface area contributed by atoms with Gasteiger partial charge in [-0.15, -0.1) is 0 Å². The highest BCUT2D eigenvalue weighted by Gasteiger charge is 2.04. The Balaban J connectivity index is 2.79. The summed E-state index contributed by atoms with van der Waals surface area (Å²) in [6.07, 6.45) is 2.96. The smallest absolute Gasteiger partial charge is 0.193 e. The first kappa shape index (κ1) is 4.75. The second-order valence-electron chi connectivity index (χ2n) is 1.44. The van der Waals surface area contributed by atoms with Gasteiger partial charge in [0.2, 0.25) is 0 Å². The summed E-state index contributed by atoms with van der Waals surface area (Å²) < 4.78 is 3.81. The summed E-state index contributed by atoms with van der Waals surface area (Å²) in [5.74, 6) is 0.676. The molecule has 0 aromatic carbocycles. The molecule has 0 bridgehead atoms. The fourth-order valence-electron chi connectivity index (χ4n) is 0.554. The third-order valence-corrected chi connectivity index (χ3v) is 1.57. The van der Waals surface area contributed by atoms with Crippen molar-refractivity contribution in [2.75, 3.05) is 0 Å². The molecule has 0 aromatic heterocycles. The minimum absolute atomic E-state index is 0.676. The highest BCUT2D eigenvalue weighted by atomic mass is 32.1. The SMILES string of the molecule is c1nsc2ncnc-2n1. The van der Waals surface area contributed by atoms with E-state index in [9.17, 15) is 0 Å². The van der Waals surface area contributed by atoms with E-state index < -0.39 is 0 Å². The molecule has 2 aliphatic rings. The van der Waals surface area contributed by atoms with Crippen LogP contribution in [0.5, 0.6) is 0 Å². The Hall–Kier alpha value is -1.10. The molecule has 0 saturated heterocycles. The number of fused-ring (bicyclic) bond motifs is 1. The Kier molecular flexibility index (Phi) is 0.895. The first-order chi connectivity index (χ1) is 4.47. The predicted octanol–water partition coefficient (Wildman–Crippen LogP) is 0.433. The van der Waals surface area contributed by atoms with Gasteiger partial charge in [0, 0.05) is 0 Å². The molecule has 0 saturated carbocycles. The zero-order valence-electron chi connectivity index (χ0n) is 4.35. The van der Waals surface area contributed by atoms with Gasteiger partial charge in [-0.2, -0.15) is 4.37 Å². The highest BCUT2D eigenvalue weighted by Crippen LogP contribution is 2.14. The third-order valence-electron chi connectivity index (χ3n) is 0.913. The van der Waals surface area contributed by atoms with Crippen LogP contribution >= 0.6 is 11.5 Å². The molecule has 0 amide bonds. The second kappa shape index (κ2) is 1.70. The lowest BCUT2D eigenvalue weighted by Gasteiger charge is -1.85. The molecule has 0 aliphatic carbocycles. The number of hydrogen-bond acceptors (Lipinski definition) is 5. The molecule has 2 heterocycles. The largest absolute Gasteiger partial charge is 0.220 e. The van der Waals surface area contributed by atoms with Gasteiger partial charge in [0.15, 0.2) is 10.8 Å². The van der Waals surface area contributed by atoms with Gasteiger partial charge < -0.3 is 0 Å². The van der Waals surface area contributed by atoms with Crippen LogP contribution in [0.3, 0.4) is 0 Å². The van der Waals surface area contributed by atoms with Crippen LogP contribution in [0.25, 0.3) is 10.8 Å². The van der Waals surface area contributed by atoms with Crippen molar-refractivity contribution in [2.24, 2.45) is 0 Å². The fraction of sp³-hybridized carbons (Fsp3) is 0. The topological polar surface area (TPSA) is 51.6 Å². The molecule has 0 aromatic rings. The lowest BCUT2D eigenvalue weighted by atomic mass is 10.7. The molecule has 5 heteroatoms. The normalized spacial score (nSPS) is 10.2. The first-order valence-corrected chi connectivity index (χ1v) is 3.11. The minimum atomic E-state index is 0.676. The van der Waals surface area contributed by atoms with Gasteiger partial charge in [-0.3, -0.25) is 0 Å². The van der Waals surface area contributed by atoms with Crippen LogP contribution in [0.15, 0.2) is 12.7 Å². The van der Waals surface area contributed by atoms with Crippen molar-refractivity contribution >= 4 is 11.5 Å². The Labute approximate surface area is 55.1 Å². The van der Waals surface area contributed by atoms with Gasteiger partial charge in [-0.25, -0.2) is 15.0 Å². The standard InChI is InChI=1S/C4H2N4S/c1-5-3-4(7-1)9-8-2-6-3/h1-2H. The second-order valence-corrected chi connectivity index (χ2v) is 2.22. The van der Waals surface area contributed by atoms with Crippen molar-refractivity contribution in [3.63, 3.8) is 0 Å². The lowest BCUT2D eigenvalue weighted by molar-refractivity contribution is 1.20. The summed E-state index contributed by atoms with van der Waals surface area (Å²) in [4.78, 5) is 11.6. The van der Waals surface area contributed by atoms with Gasteiger partial charge in [0.25, 0.3) is 0 Å². The monoisotopic (exact) mass is 138 g/mol. The van der Waals surface area contributed by atoms with Gasteiger partial charge in [0.1, 0.15) is 12.7 Å². The molecule has 0 spiro atoms. The Morgan fingerprint density at radius 1 is 1.11 bits per heavy atom. The number of aromatic nitrogens is 4. The summed E-state index contributed by atoms with van der Waals surface area (Å²) >= 11 is 1.30. The van der Waals surface area contributed by atoms with E-state index in [-0.39, 0.29) is 0 Å². The van der Waals surface area contributed by atoms with Gasteiger partial charge >= 0.3 is 0 Å². The minimum Gasteiger partial charge on any atom is -0.220 e. The van der Waals surface area contributed by atoms with Crippen LogP contribution in [0.1, 0.15) is 0 Å². The van der Waals surface area contributed by atoms with Crippen LogP contribution in [0.2, 0.25) is 0 Å². The van der Waals surface area contributed by atoms with Crippen molar-refractivity contribution in [1.29, 1.82) is 0 Å². The number of nitrogens with zero attached hydrogens (tertiary/aromatic N) is 4. The Bertz CT molecular complexity index is 253. The Morgan fingerprint density at radius 2 is 2.00 bits per heavy atom. The van der Waals surface area contributed by atoms with Crippen molar-refractivity contribution in [1.82, 2.24) is 19.3 Å². The molecule has 44 valence electrons. The predicted molar refractivity (Wildman–Crippen MR) is 32.1 cm³/mol. The molecule has 2 aliphatic heterocycles. The van der Waals surface area contributed by atoms with Gasteiger partial charge in [0.05, 0.1) is 0 Å². The summed E-state index contributed by atoms with van der Waals surface area (Å²) in [5, 5.41) is 0.789. The summed E-state index contributed by atoms with van der Waals surface area (Å²) in [6, 6.07) is 0. The number of rotatable bonds is 0. The van der Waals surface area contributed by atoms with E-state index >= 15 is 0 Å². The van der Waals surface area contributed by atoms with E-state index in [0.717, 1.165) is 5.01 Å². The van der Waals surface area contributed by atoms with Crippen LogP contribution in [-0.4, -0.2) is 19.3 Å². The van der Waals surface area contributed by atoms with E-state index in [0.29, 0.717) is 5.82 Å². The van der Waals surface area contributed by atoms with Crippen LogP contribution in [-0.2, 0) is 0 Å². The summed E-state index contributed by atoms with van der Waals surface area (Å²) in [5.41, 5.74) is 0. The highest BCUT2D eigenvalue weighted by molar-refractivity contribution is 7.08. The van der Waals surface area contributed by atoms with E-state index in [1.807, 2.05) is 0 Å². The number of hydrogen-bond donors (Lipinski definition) is 0. The van der Waals surface area contributed by atoms with Crippen LogP contribution in [0, 0.1) is 0 Å². The summed E-state index contributed by atoms with van der Waals surface area (Å²) in [7, 11) is 0. The average molecular weight is 138 g/mol. The van der Waals surface area contributed by atoms with Crippen molar-refractivity contribution < 1.29 is 0 Å². The zero-order chi connectivity index (χ0) is 6.10. The van der Waals surface area contributed by atoms with Crippen LogP contribution < -0.4 is 0 Å². The molecule has 9 heavy (non-hydrogen) atoms. The molecule has 0 N–H and O–H groups in total. The number of imidazole rings is 1. The first-order valence-electron chi connectivity index (χ1n) is 2.34. The molecular weight excluding hydrogens is 136 g/mol. The van der Waals surface area contributed by atoms with E-state index in [4.69, 9.17) is 0 Å². The third kappa shape index (κ3) is 0.655. The average Bonchev–Trinajstić information content (AvgIpc) is 2.33. The van der Waals surface area contributed by atoms with Crippen molar-refractivity contribution in [3.05, 3.63) is 12.7 Å². The zero-order valence-corrected chi connectivity index (χ0v) is 5.17. The van der Waals surface area contributed by atoms with Crippen molar-refractivity contribution in [2.45, 2.75) is 0 Å². The maximum atomic E-state index is 3.90. The van der Waals surface area contributed by atoms with Crippen molar-refractivity contribution in [3.8, 4) is 10.8 Å². The Morgan fingerprint density at radius 3 is 2.89 bits per heavy atom. The molecule has 0 radical (unpaired) electrons. The van der Waals surface area contributed by atoms with E-state index in [1.165, 1.54) is 24.2 Å². The quantitative estimate of drug-likeness (QED) is 0.529. The van der Waals surface area contributed by atoms with E-state index in [2.05, 4.69) is 19.3 Å². The van der Waals surface area contributed by atoms with E-state index in [1.54, 1.807) is 0 Å². The fourth-order valence-corrected chi connectivity index (χ4v) is 1.03. The maximum absolute atomic E-state index is 3.90. The molecule has 0 unspecified atom stereocenters. The summed E-state index contributed by atoms with van der Waals surface area (Å²) in [6.45, 7) is 0. The lowest BCUT2D eigenvalue weighted by Crippen LogP contribution is -1.80. The van der Waals surface area contributed by atoms with Gasteiger partial charge in [-0.1, -0.05) is 0 Å². The van der Waals surface area contributed by atoms with Crippen LogP contribution in [0.4, 0.5) is 0 Å². The molecule has 4 nitrogen and oxygen atoms in total.